The summed E-state index contributed by atoms with van der Waals surface area (Å²) >= 11 is 0. The maximum Gasteiger partial charge on any atom is 0.416 e. The average molecular weight is 257 g/mol. The third kappa shape index (κ3) is 2.24. The van der Waals surface area contributed by atoms with E-state index < -0.39 is 17.8 Å². The fraction of sp³-hybridized carbons (Fsp3) is 0.250. The van der Waals surface area contributed by atoms with Gasteiger partial charge in [0.2, 0.25) is 0 Å². The summed E-state index contributed by atoms with van der Waals surface area (Å²) in [7, 11) is 0. The zero-order valence-corrected chi connectivity index (χ0v) is 9.40. The van der Waals surface area contributed by atoms with E-state index in [0.717, 1.165) is 12.5 Å². The molecule has 6 heteroatoms. The van der Waals surface area contributed by atoms with E-state index in [9.17, 15) is 18.3 Å². The summed E-state index contributed by atoms with van der Waals surface area (Å²) in [6.07, 6.45) is -4.92. The maximum absolute atomic E-state index is 12.8. The number of aromatic nitrogens is 1. The van der Waals surface area contributed by atoms with Crippen LogP contribution in [-0.4, -0.2) is 10.1 Å². The van der Waals surface area contributed by atoms with E-state index in [1.807, 2.05) is 0 Å². The highest BCUT2D eigenvalue weighted by Crippen LogP contribution is 2.36. The van der Waals surface area contributed by atoms with Gasteiger partial charge in [0.15, 0.2) is 12.2 Å². The Kier molecular flexibility index (Phi) is 3.13. The van der Waals surface area contributed by atoms with Crippen molar-refractivity contribution in [1.82, 2.24) is 4.98 Å². The van der Waals surface area contributed by atoms with Gasteiger partial charge in [-0.15, -0.1) is 0 Å². The van der Waals surface area contributed by atoms with Gasteiger partial charge >= 0.3 is 6.18 Å². The molecule has 0 saturated heterocycles. The normalized spacial score (nSPS) is 13.6. The molecule has 0 radical (unpaired) electrons. The van der Waals surface area contributed by atoms with Gasteiger partial charge in [0.25, 0.3) is 0 Å². The summed E-state index contributed by atoms with van der Waals surface area (Å²) in [5.41, 5.74) is -0.766. The summed E-state index contributed by atoms with van der Waals surface area (Å²) in [5.74, 6) is 0.0201. The molecule has 0 bridgehead atoms. The number of hydrogen-bond donors (Lipinski definition) is 1. The highest BCUT2D eigenvalue weighted by Gasteiger charge is 2.35. The molecule has 3 nitrogen and oxygen atoms in total. The average Bonchev–Trinajstić information content (AvgIpc) is 2.73. The van der Waals surface area contributed by atoms with Gasteiger partial charge in [0.1, 0.15) is 6.10 Å². The third-order valence-corrected chi connectivity index (χ3v) is 2.59. The predicted molar refractivity (Wildman–Crippen MR) is 56.7 cm³/mol. The topological polar surface area (TPSA) is 46.3 Å². The molecule has 1 heterocycles. The van der Waals surface area contributed by atoms with Gasteiger partial charge in [0, 0.05) is 5.56 Å². The van der Waals surface area contributed by atoms with Crippen LogP contribution in [0.3, 0.4) is 0 Å². The van der Waals surface area contributed by atoms with Gasteiger partial charge in [-0.2, -0.15) is 13.2 Å². The first-order chi connectivity index (χ1) is 8.41. The van der Waals surface area contributed by atoms with Crippen molar-refractivity contribution in [3.05, 3.63) is 53.2 Å². The van der Waals surface area contributed by atoms with Crippen molar-refractivity contribution >= 4 is 0 Å². The van der Waals surface area contributed by atoms with Crippen LogP contribution in [0.15, 0.2) is 35.1 Å². The largest absolute Gasteiger partial charge is 0.445 e. The monoisotopic (exact) mass is 257 g/mol. The summed E-state index contributed by atoms with van der Waals surface area (Å²) < 4.78 is 43.3. The summed E-state index contributed by atoms with van der Waals surface area (Å²) in [5, 5.41) is 9.97. The second-order valence-electron chi connectivity index (χ2n) is 3.79. The number of hydrogen-bond acceptors (Lipinski definition) is 3. The third-order valence-electron chi connectivity index (χ3n) is 2.59. The molecule has 0 spiro atoms. The van der Waals surface area contributed by atoms with Crippen molar-refractivity contribution in [2.45, 2.75) is 19.2 Å². The highest BCUT2D eigenvalue weighted by molar-refractivity contribution is 5.35. The zero-order chi connectivity index (χ0) is 13.3. The Labute approximate surface area is 101 Å². The van der Waals surface area contributed by atoms with E-state index >= 15 is 0 Å². The quantitative estimate of drug-likeness (QED) is 0.899. The first kappa shape index (κ1) is 12.6. The van der Waals surface area contributed by atoms with Gasteiger partial charge in [-0.1, -0.05) is 18.2 Å². The van der Waals surface area contributed by atoms with Crippen LogP contribution in [0.1, 0.15) is 28.7 Å². The van der Waals surface area contributed by atoms with E-state index in [1.165, 1.54) is 18.2 Å². The Morgan fingerprint density at radius 2 is 1.94 bits per heavy atom. The summed E-state index contributed by atoms with van der Waals surface area (Å²) in [6, 6.07) is 4.84. The van der Waals surface area contributed by atoms with E-state index in [4.69, 9.17) is 4.42 Å². The molecule has 0 saturated carbocycles. The molecule has 2 aromatic rings. The molecule has 0 fully saturated rings. The van der Waals surface area contributed by atoms with Crippen LogP contribution < -0.4 is 0 Å². The van der Waals surface area contributed by atoms with E-state index in [0.29, 0.717) is 5.69 Å². The molecule has 1 aromatic heterocycles. The smallest absolute Gasteiger partial charge is 0.416 e. The molecule has 0 aliphatic heterocycles. The number of halogens is 3. The first-order valence-electron chi connectivity index (χ1n) is 5.15. The minimum atomic E-state index is -4.52. The Hall–Kier alpha value is -1.82. The molecule has 2 rings (SSSR count). The van der Waals surface area contributed by atoms with E-state index in [1.54, 1.807) is 6.92 Å². The molecular weight excluding hydrogens is 247 g/mol. The number of aryl methyl sites for hydroxylation is 1. The lowest BCUT2D eigenvalue weighted by Gasteiger charge is -2.16. The zero-order valence-electron chi connectivity index (χ0n) is 9.40. The standard InChI is InChI=1S/C12H10F3NO2/c1-7-11(18-6-16-7)10(17)8-4-2-3-5-9(8)12(13,14)15/h2-6,10,17H,1H3. The van der Waals surface area contributed by atoms with Crippen LogP contribution in [0.25, 0.3) is 0 Å². The molecule has 0 aliphatic carbocycles. The maximum atomic E-state index is 12.8. The van der Waals surface area contributed by atoms with Crippen molar-refractivity contribution in [1.29, 1.82) is 0 Å². The van der Waals surface area contributed by atoms with Crippen LogP contribution in [-0.2, 0) is 6.18 Å². The Morgan fingerprint density at radius 3 is 2.50 bits per heavy atom. The van der Waals surface area contributed by atoms with Crippen molar-refractivity contribution in [3.8, 4) is 0 Å². The lowest BCUT2D eigenvalue weighted by Crippen LogP contribution is -2.12. The lowest BCUT2D eigenvalue weighted by atomic mass is 9.99. The highest BCUT2D eigenvalue weighted by atomic mass is 19.4. The van der Waals surface area contributed by atoms with Crippen LogP contribution >= 0.6 is 0 Å². The predicted octanol–water partition coefficient (Wildman–Crippen LogP) is 3.08. The second-order valence-corrected chi connectivity index (χ2v) is 3.79. The molecule has 1 N–H and O–H groups in total. The molecular formula is C12H10F3NO2. The van der Waals surface area contributed by atoms with Gasteiger partial charge in [-0.3, -0.25) is 0 Å². The summed E-state index contributed by atoms with van der Waals surface area (Å²) in [4.78, 5) is 3.75. The van der Waals surface area contributed by atoms with Crippen molar-refractivity contribution < 1.29 is 22.7 Å². The molecule has 0 amide bonds. The number of rotatable bonds is 2. The van der Waals surface area contributed by atoms with Gasteiger partial charge in [0.05, 0.1) is 11.3 Å². The van der Waals surface area contributed by atoms with Gasteiger partial charge in [-0.25, -0.2) is 4.98 Å². The molecule has 0 aliphatic rings. The number of oxazole rings is 1. The molecule has 96 valence electrons. The number of nitrogens with zero attached hydrogens (tertiary/aromatic N) is 1. The number of aliphatic hydroxyl groups is 1. The van der Waals surface area contributed by atoms with E-state index in [2.05, 4.69) is 4.98 Å². The van der Waals surface area contributed by atoms with Crippen LogP contribution in [0.4, 0.5) is 13.2 Å². The van der Waals surface area contributed by atoms with Crippen LogP contribution in [0.2, 0.25) is 0 Å². The SMILES string of the molecule is Cc1ncoc1C(O)c1ccccc1C(F)(F)F. The van der Waals surface area contributed by atoms with Crippen LogP contribution in [0.5, 0.6) is 0 Å². The first-order valence-corrected chi connectivity index (χ1v) is 5.15. The molecule has 1 atom stereocenters. The minimum Gasteiger partial charge on any atom is -0.445 e. The summed E-state index contributed by atoms with van der Waals surface area (Å²) in [6.45, 7) is 1.55. The second kappa shape index (κ2) is 4.45. The molecule has 1 aromatic carbocycles. The van der Waals surface area contributed by atoms with Crippen LogP contribution in [0, 0.1) is 6.92 Å². The number of benzene rings is 1. The molecule has 18 heavy (non-hydrogen) atoms. The van der Waals surface area contributed by atoms with Gasteiger partial charge in [-0.05, 0) is 13.0 Å². The van der Waals surface area contributed by atoms with Gasteiger partial charge < -0.3 is 9.52 Å². The van der Waals surface area contributed by atoms with Crippen molar-refractivity contribution in [2.75, 3.05) is 0 Å². The minimum absolute atomic E-state index is 0.0201. The Bertz CT molecular complexity index is 548. The Morgan fingerprint density at radius 1 is 1.28 bits per heavy atom. The molecule has 1 unspecified atom stereocenters. The van der Waals surface area contributed by atoms with Crippen molar-refractivity contribution in [2.24, 2.45) is 0 Å². The Balaban J connectivity index is 2.49. The fourth-order valence-electron chi connectivity index (χ4n) is 1.71. The fourth-order valence-corrected chi connectivity index (χ4v) is 1.71. The van der Waals surface area contributed by atoms with Crippen molar-refractivity contribution in [3.63, 3.8) is 0 Å². The number of alkyl halides is 3. The van der Waals surface area contributed by atoms with E-state index in [-0.39, 0.29) is 11.3 Å². The lowest BCUT2D eigenvalue weighted by molar-refractivity contribution is -0.139. The number of aliphatic hydroxyl groups excluding tert-OH is 1.